The molecule has 1 amide bonds. The zero-order valence-electron chi connectivity index (χ0n) is 24.6. The van der Waals surface area contributed by atoms with Crippen LogP contribution < -0.4 is 20.1 Å². The number of aliphatic hydroxyl groups is 1. The van der Waals surface area contributed by atoms with E-state index in [-0.39, 0.29) is 18.6 Å². The predicted octanol–water partition coefficient (Wildman–Crippen LogP) is 5.68. The van der Waals surface area contributed by atoms with Gasteiger partial charge in [-0.25, -0.2) is 4.98 Å². The van der Waals surface area contributed by atoms with Crippen molar-refractivity contribution in [1.29, 1.82) is 0 Å². The Morgan fingerprint density at radius 3 is 2.61 bits per heavy atom. The second-order valence-electron chi connectivity index (χ2n) is 10.9. The fourth-order valence-electron chi connectivity index (χ4n) is 5.64. The van der Waals surface area contributed by atoms with Crippen LogP contribution in [0.2, 0.25) is 0 Å². The maximum absolute atomic E-state index is 13.4. The van der Waals surface area contributed by atoms with Crippen LogP contribution in [0.25, 0.3) is 11.1 Å². The van der Waals surface area contributed by atoms with Crippen molar-refractivity contribution in [2.45, 2.75) is 31.6 Å². The summed E-state index contributed by atoms with van der Waals surface area (Å²) in [5.41, 5.74) is 6.81. The van der Waals surface area contributed by atoms with E-state index in [2.05, 4.69) is 68.7 Å². The Labute approximate surface area is 257 Å². The van der Waals surface area contributed by atoms with Crippen LogP contribution in [0.5, 0.6) is 11.5 Å². The molecule has 0 spiro atoms. The lowest BCUT2D eigenvalue weighted by molar-refractivity contribution is 0.0910. The van der Waals surface area contributed by atoms with E-state index in [4.69, 9.17) is 9.47 Å². The summed E-state index contributed by atoms with van der Waals surface area (Å²) < 4.78 is 13.5. The summed E-state index contributed by atoms with van der Waals surface area (Å²) in [6.45, 7) is 1.58. The van der Waals surface area contributed by atoms with E-state index < -0.39 is 6.04 Å². The van der Waals surface area contributed by atoms with Gasteiger partial charge < -0.3 is 29.8 Å². The number of amides is 1. The van der Waals surface area contributed by atoms with E-state index in [1.165, 1.54) is 16.7 Å². The van der Waals surface area contributed by atoms with Crippen molar-refractivity contribution in [3.05, 3.63) is 138 Å². The lowest BCUT2D eigenvalue weighted by Gasteiger charge is -2.29. The number of para-hydroxylation sites is 1. The number of methoxy groups -OCH3 is 1. The first-order chi connectivity index (χ1) is 21.6. The molecule has 0 aliphatic carbocycles. The van der Waals surface area contributed by atoms with Gasteiger partial charge in [-0.1, -0.05) is 78.9 Å². The number of fused-ring (bicyclic) bond motifs is 1. The standard InChI is InChI=1S/C36H36N4O4/c1-43-30-10-5-9-28(19-30)34(23-41)39-36(42)32-12-6-11-31-33(17-18-44-35(31)32)38-21-29-20-37-24-40(29)22-25-13-15-27(16-14-25)26-7-3-2-4-8-26/h2-16,19-20,24,33-34,38,41H,17-18,21-23H2,1H3,(H,39,42). The lowest BCUT2D eigenvalue weighted by Crippen LogP contribution is -2.33. The van der Waals surface area contributed by atoms with Crippen molar-refractivity contribution in [3.8, 4) is 22.6 Å². The minimum Gasteiger partial charge on any atom is -0.497 e. The number of ether oxygens (including phenoxy) is 2. The Hall–Kier alpha value is -4.92. The molecule has 2 unspecified atom stereocenters. The number of nitrogens with one attached hydrogen (secondary N) is 2. The SMILES string of the molecule is COc1cccc(C(CO)NC(=O)c2cccc3c2OCCC3NCc2cncn2Cc2ccc(-c3ccccc3)cc2)c1. The summed E-state index contributed by atoms with van der Waals surface area (Å²) in [4.78, 5) is 17.8. The number of aromatic nitrogens is 2. The molecule has 1 aliphatic rings. The number of imidazole rings is 1. The monoisotopic (exact) mass is 588 g/mol. The van der Waals surface area contributed by atoms with Crippen molar-refractivity contribution in [2.24, 2.45) is 0 Å². The molecule has 0 saturated heterocycles. The van der Waals surface area contributed by atoms with Gasteiger partial charge in [0, 0.05) is 37.3 Å². The molecule has 1 aromatic heterocycles. The molecule has 2 heterocycles. The van der Waals surface area contributed by atoms with Crippen LogP contribution in [0.3, 0.4) is 0 Å². The minimum atomic E-state index is -0.583. The number of carbonyl (C=O) groups is 1. The Balaban J connectivity index is 1.12. The smallest absolute Gasteiger partial charge is 0.255 e. The number of carbonyl (C=O) groups excluding carboxylic acids is 1. The van der Waals surface area contributed by atoms with E-state index in [0.29, 0.717) is 30.2 Å². The van der Waals surface area contributed by atoms with Gasteiger partial charge in [-0.15, -0.1) is 0 Å². The largest absolute Gasteiger partial charge is 0.497 e. The van der Waals surface area contributed by atoms with Crippen LogP contribution in [0.4, 0.5) is 0 Å². The molecule has 0 fully saturated rings. The van der Waals surface area contributed by atoms with Crippen LogP contribution in [-0.4, -0.2) is 40.9 Å². The summed E-state index contributed by atoms with van der Waals surface area (Å²) in [5, 5.41) is 16.7. The number of rotatable bonds is 11. The van der Waals surface area contributed by atoms with Crippen molar-refractivity contribution in [1.82, 2.24) is 20.2 Å². The third kappa shape index (κ3) is 6.51. The molecule has 2 atom stereocenters. The molecule has 224 valence electrons. The fourth-order valence-corrected chi connectivity index (χ4v) is 5.64. The molecule has 6 rings (SSSR count). The summed E-state index contributed by atoms with van der Waals surface area (Å²) in [5.74, 6) is 0.927. The first-order valence-corrected chi connectivity index (χ1v) is 14.8. The quantitative estimate of drug-likeness (QED) is 0.184. The Morgan fingerprint density at radius 2 is 1.82 bits per heavy atom. The zero-order chi connectivity index (χ0) is 30.3. The second kappa shape index (κ2) is 13.6. The molecule has 4 aromatic carbocycles. The highest BCUT2D eigenvalue weighted by atomic mass is 16.5. The van der Waals surface area contributed by atoms with Gasteiger partial charge in [0.1, 0.15) is 11.5 Å². The summed E-state index contributed by atoms with van der Waals surface area (Å²) in [7, 11) is 1.59. The van der Waals surface area contributed by atoms with Crippen LogP contribution in [0.1, 0.15) is 51.2 Å². The molecule has 0 saturated carbocycles. The summed E-state index contributed by atoms with van der Waals surface area (Å²) in [6.07, 6.45) is 4.53. The minimum absolute atomic E-state index is 0.00651. The summed E-state index contributed by atoms with van der Waals surface area (Å²) in [6, 6.07) is 31.4. The first kappa shape index (κ1) is 29.2. The van der Waals surface area contributed by atoms with Crippen molar-refractivity contribution >= 4 is 5.91 Å². The normalized spacial score (nSPS) is 14.7. The lowest BCUT2D eigenvalue weighted by atomic mass is 9.96. The molecule has 8 nitrogen and oxygen atoms in total. The van der Waals surface area contributed by atoms with E-state index in [0.717, 1.165) is 29.8 Å². The van der Waals surface area contributed by atoms with E-state index in [1.54, 1.807) is 13.2 Å². The maximum atomic E-state index is 13.4. The maximum Gasteiger partial charge on any atom is 0.255 e. The van der Waals surface area contributed by atoms with Crippen LogP contribution in [-0.2, 0) is 13.1 Å². The van der Waals surface area contributed by atoms with Crippen molar-refractivity contribution in [3.63, 3.8) is 0 Å². The topological polar surface area (TPSA) is 97.6 Å². The summed E-state index contributed by atoms with van der Waals surface area (Å²) >= 11 is 0. The third-order valence-corrected chi connectivity index (χ3v) is 8.04. The van der Waals surface area contributed by atoms with Crippen LogP contribution in [0.15, 0.2) is 110 Å². The van der Waals surface area contributed by atoms with Gasteiger partial charge in [0.25, 0.3) is 5.91 Å². The average molecular weight is 589 g/mol. The van der Waals surface area contributed by atoms with Gasteiger partial charge in [-0.05, 0) is 40.5 Å². The second-order valence-corrected chi connectivity index (χ2v) is 10.9. The Morgan fingerprint density at radius 1 is 1.02 bits per heavy atom. The molecule has 8 heteroatoms. The van der Waals surface area contributed by atoms with Gasteiger partial charge in [0.15, 0.2) is 0 Å². The molecule has 5 aromatic rings. The van der Waals surface area contributed by atoms with E-state index in [1.807, 2.05) is 55.0 Å². The number of benzene rings is 4. The Bertz CT molecular complexity index is 1700. The van der Waals surface area contributed by atoms with Gasteiger partial charge in [0.05, 0.1) is 44.0 Å². The van der Waals surface area contributed by atoms with Gasteiger partial charge >= 0.3 is 0 Å². The molecule has 1 aliphatic heterocycles. The highest BCUT2D eigenvalue weighted by Gasteiger charge is 2.27. The average Bonchev–Trinajstić information content (AvgIpc) is 3.53. The molecular formula is C36H36N4O4. The number of hydrogen-bond donors (Lipinski definition) is 3. The van der Waals surface area contributed by atoms with Gasteiger partial charge in [-0.2, -0.15) is 0 Å². The highest BCUT2D eigenvalue weighted by molar-refractivity contribution is 5.97. The van der Waals surface area contributed by atoms with Gasteiger partial charge in [0.2, 0.25) is 0 Å². The van der Waals surface area contributed by atoms with E-state index in [9.17, 15) is 9.90 Å². The predicted molar refractivity (Wildman–Crippen MR) is 170 cm³/mol. The van der Waals surface area contributed by atoms with Gasteiger partial charge in [-0.3, -0.25) is 4.79 Å². The van der Waals surface area contributed by atoms with Crippen molar-refractivity contribution < 1.29 is 19.4 Å². The first-order valence-electron chi connectivity index (χ1n) is 14.8. The number of hydrogen-bond acceptors (Lipinski definition) is 6. The Kier molecular flexibility index (Phi) is 9.01. The number of nitrogens with zero attached hydrogens (tertiary/aromatic N) is 2. The molecule has 3 N–H and O–H groups in total. The molecule has 0 radical (unpaired) electrons. The van der Waals surface area contributed by atoms with Crippen molar-refractivity contribution in [2.75, 3.05) is 20.3 Å². The van der Waals surface area contributed by atoms with Crippen LogP contribution >= 0.6 is 0 Å². The highest BCUT2D eigenvalue weighted by Crippen LogP contribution is 2.35. The fraction of sp³-hybridized carbons (Fsp3) is 0.222. The molecule has 44 heavy (non-hydrogen) atoms. The van der Waals surface area contributed by atoms with Crippen LogP contribution in [0, 0.1) is 0 Å². The number of aliphatic hydroxyl groups excluding tert-OH is 1. The molecule has 0 bridgehead atoms. The molecular weight excluding hydrogens is 552 g/mol. The third-order valence-electron chi connectivity index (χ3n) is 8.04. The van der Waals surface area contributed by atoms with E-state index >= 15 is 0 Å². The zero-order valence-corrected chi connectivity index (χ0v) is 24.6.